The van der Waals surface area contributed by atoms with Crippen LogP contribution >= 0.6 is 0 Å². The predicted molar refractivity (Wildman–Crippen MR) is 129 cm³/mol. The number of alkyl halides is 3. The lowest BCUT2D eigenvalue weighted by Gasteiger charge is -2.34. The van der Waals surface area contributed by atoms with Gasteiger partial charge in [0.2, 0.25) is 5.95 Å². The Morgan fingerprint density at radius 2 is 1.68 bits per heavy atom. The maximum absolute atomic E-state index is 14.5. The molecule has 0 unspecified atom stereocenters. The highest BCUT2D eigenvalue weighted by molar-refractivity contribution is 5.68. The average molecular weight is 528 g/mol. The summed E-state index contributed by atoms with van der Waals surface area (Å²) in [6.07, 6.45) is -3.11. The molecule has 4 aromatic rings. The standard InChI is InChI=1S/C24H20F4N8O2/c25-16-11-15(12-19(13-16)34-7-9-35(10-8-34)23(37)38)20-5-6-29-22(32-20)31-17-1-3-18(4-2-17)36-14-30-21(33-36)24(26,27)28/h1-6,11-14H,7-10H2,(H,37,38)(H,29,31,32). The number of hydrogen-bond donors (Lipinski definition) is 2. The summed E-state index contributed by atoms with van der Waals surface area (Å²) in [5.74, 6) is -1.45. The van der Waals surface area contributed by atoms with Crippen molar-refractivity contribution in [3.8, 4) is 16.9 Å². The maximum atomic E-state index is 14.5. The van der Waals surface area contributed by atoms with Gasteiger partial charge in [-0.2, -0.15) is 13.2 Å². The zero-order valence-electron chi connectivity index (χ0n) is 19.6. The van der Waals surface area contributed by atoms with E-state index in [0.717, 1.165) is 11.0 Å². The second kappa shape index (κ2) is 9.95. The van der Waals surface area contributed by atoms with Crippen molar-refractivity contribution in [2.45, 2.75) is 6.18 Å². The minimum Gasteiger partial charge on any atom is -0.465 e. The summed E-state index contributed by atoms with van der Waals surface area (Å²) in [4.78, 5) is 26.3. The second-order valence-corrected chi connectivity index (χ2v) is 8.40. The third kappa shape index (κ3) is 5.48. The van der Waals surface area contributed by atoms with Gasteiger partial charge in [0.05, 0.1) is 11.4 Å². The first-order valence-electron chi connectivity index (χ1n) is 11.4. The topological polar surface area (TPSA) is 112 Å². The summed E-state index contributed by atoms with van der Waals surface area (Å²) in [5, 5.41) is 15.6. The van der Waals surface area contributed by atoms with Crippen molar-refractivity contribution in [3.05, 3.63) is 72.7 Å². The Labute approximate surface area is 213 Å². The van der Waals surface area contributed by atoms with Crippen molar-refractivity contribution in [2.24, 2.45) is 0 Å². The van der Waals surface area contributed by atoms with Crippen LogP contribution in [0.1, 0.15) is 5.82 Å². The van der Waals surface area contributed by atoms with Gasteiger partial charge in [0.25, 0.3) is 5.82 Å². The highest BCUT2D eigenvalue weighted by atomic mass is 19.4. The van der Waals surface area contributed by atoms with E-state index in [-0.39, 0.29) is 5.95 Å². The molecule has 14 heteroatoms. The molecule has 0 spiro atoms. The second-order valence-electron chi connectivity index (χ2n) is 8.40. The Hall–Kier alpha value is -4.75. The number of aromatic nitrogens is 5. The number of carbonyl (C=O) groups is 1. The molecule has 1 aliphatic rings. The summed E-state index contributed by atoms with van der Waals surface area (Å²) in [5.41, 5.74) is 2.55. The molecule has 1 saturated heterocycles. The van der Waals surface area contributed by atoms with Crippen LogP contribution in [0.5, 0.6) is 0 Å². The number of rotatable bonds is 5. The Bertz CT molecular complexity index is 1450. The van der Waals surface area contributed by atoms with Crippen LogP contribution in [0.3, 0.4) is 0 Å². The van der Waals surface area contributed by atoms with Crippen LogP contribution in [-0.2, 0) is 6.18 Å². The lowest BCUT2D eigenvalue weighted by molar-refractivity contribution is -0.144. The van der Waals surface area contributed by atoms with E-state index in [1.54, 1.807) is 36.4 Å². The smallest absolute Gasteiger partial charge is 0.453 e. The molecule has 2 aromatic carbocycles. The summed E-state index contributed by atoms with van der Waals surface area (Å²) in [6, 6.07) is 12.5. The van der Waals surface area contributed by atoms with E-state index in [0.29, 0.717) is 54.5 Å². The van der Waals surface area contributed by atoms with Gasteiger partial charge in [0.1, 0.15) is 12.1 Å². The van der Waals surface area contributed by atoms with E-state index in [4.69, 9.17) is 5.11 Å². The van der Waals surface area contributed by atoms with Crippen LogP contribution in [0.15, 0.2) is 61.1 Å². The zero-order valence-corrected chi connectivity index (χ0v) is 19.6. The molecule has 0 aliphatic carbocycles. The van der Waals surface area contributed by atoms with Crippen molar-refractivity contribution in [1.82, 2.24) is 29.6 Å². The van der Waals surface area contributed by atoms with Crippen LogP contribution < -0.4 is 10.2 Å². The molecule has 1 amide bonds. The van der Waals surface area contributed by atoms with E-state index in [1.807, 2.05) is 4.90 Å². The Morgan fingerprint density at radius 1 is 0.947 bits per heavy atom. The van der Waals surface area contributed by atoms with Gasteiger partial charge in [0.15, 0.2) is 0 Å². The lowest BCUT2D eigenvalue weighted by Crippen LogP contribution is -2.48. The number of anilines is 3. The Balaban J connectivity index is 1.31. The minimum atomic E-state index is -4.63. The van der Waals surface area contributed by atoms with Gasteiger partial charge < -0.3 is 20.2 Å². The van der Waals surface area contributed by atoms with Crippen LogP contribution in [0.4, 0.5) is 39.7 Å². The highest BCUT2D eigenvalue weighted by Crippen LogP contribution is 2.28. The number of nitrogens with zero attached hydrogens (tertiary/aromatic N) is 7. The van der Waals surface area contributed by atoms with Crippen molar-refractivity contribution < 1.29 is 27.5 Å². The quantitative estimate of drug-likeness (QED) is 0.366. The average Bonchev–Trinajstić information content (AvgIpc) is 3.40. The predicted octanol–water partition coefficient (Wildman–Crippen LogP) is 4.43. The SMILES string of the molecule is O=C(O)N1CCN(c2cc(F)cc(-c3ccnc(Nc4ccc(-n5cnc(C(F)(F)F)n5)cc4)n3)c2)CC1. The molecule has 5 rings (SSSR count). The fraction of sp³-hybridized carbons (Fsp3) is 0.208. The normalized spacial score (nSPS) is 14.0. The first-order chi connectivity index (χ1) is 18.2. The molecule has 0 bridgehead atoms. The third-order valence-electron chi connectivity index (χ3n) is 5.88. The number of carboxylic acid groups (broad SMARTS) is 1. The van der Waals surface area contributed by atoms with Crippen LogP contribution in [0, 0.1) is 5.82 Å². The summed E-state index contributed by atoms with van der Waals surface area (Å²) >= 11 is 0. The molecular weight excluding hydrogens is 508 g/mol. The van der Waals surface area contributed by atoms with Crippen molar-refractivity contribution in [2.75, 3.05) is 36.4 Å². The fourth-order valence-corrected chi connectivity index (χ4v) is 3.98. The molecular formula is C24H20F4N8O2. The summed E-state index contributed by atoms with van der Waals surface area (Å²) in [6.45, 7) is 1.52. The van der Waals surface area contributed by atoms with Gasteiger partial charge in [-0.15, -0.1) is 5.10 Å². The summed E-state index contributed by atoms with van der Waals surface area (Å²) < 4.78 is 53.8. The van der Waals surface area contributed by atoms with E-state index in [9.17, 15) is 22.4 Å². The molecule has 10 nitrogen and oxygen atoms in total. The molecule has 1 aliphatic heterocycles. The van der Waals surface area contributed by atoms with Gasteiger partial charge in [-0.05, 0) is 48.5 Å². The number of benzene rings is 2. The van der Waals surface area contributed by atoms with Crippen molar-refractivity contribution in [1.29, 1.82) is 0 Å². The zero-order chi connectivity index (χ0) is 26.9. The molecule has 38 heavy (non-hydrogen) atoms. The monoisotopic (exact) mass is 528 g/mol. The van der Waals surface area contributed by atoms with Crippen LogP contribution in [-0.4, -0.2) is 67.0 Å². The molecule has 196 valence electrons. The molecule has 2 aromatic heterocycles. The maximum Gasteiger partial charge on any atom is 0.453 e. The van der Waals surface area contributed by atoms with Crippen molar-refractivity contribution >= 4 is 23.4 Å². The largest absolute Gasteiger partial charge is 0.465 e. The Morgan fingerprint density at radius 3 is 2.34 bits per heavy atom. The van der Waals surface area contributed by atoms with Crippen molar-refractivity contribution in [3.63, 3.8) is 0 Å². The van der Waals surface area contributed by atoms with Gasteiger partial charge >= 0.3 is 12.3 Å². The van der Waals surface area contributed by atoms with E-state index in [1.165, 1.54) is 23.2 Å². The number of halogens is 4. The molecule has 0 radical (unpaired) electrons. The summed E-state index contributed by atoms with van der Waals surface area (Å²) in [7, 11) is 0. The fourth-order valence-electron chi connectivity index (χ4n) is 3.98. The number of hydrogen-bond acceptors (Lipinski definition) is 7. The van der Waals surface area contributed by atoms with Crippen LogP contribution in [0.25, 0.3) is 16.9 Å². The molecule has 0 atom stereocenters. The number of piperazine rings is 1. The van der Waals surface area contributed by atoms with Gasteiger partial charge in [-0.3, -0.25) is 0 Å². The first kappa shape index (κ1) is 24.9. The van der Waals surface area contributed by atoms with E-state index < -0.39 is 23.9 Å². The number of amides is 1. The molecule has 3 heterocycles. The van der Waals surface area contributed by atoms with Gasteiger partial charge in [-0.1, -0.05) is 0 Å². The number of nitrogens with one attached hydrogen (secondary N) is 1. The van der Waals surface area contributed by atoms with Gasteiger partial charge in [-0.25, -0.2) is 28.8 Å². The minimum absolute atomic E-state index is 0.233. The van der Waals surface area contributed by atoms with Gasteiger partial charge in [0, 0.05) is 49.3 Å². The van der Waals surface area contributed by atoms with E-state index in [2.05, 4.69) is 25.4 Å². The van der Waals surface area contributed by atoms with Crippen LogP contribution in [0.2, 0.25) is 0 Å². The molecule has 0 saturated carbocycles. The highest BCUT2D eigenvalue weighted by Gasteiger charge is 2.35. The lowest BCUT2D eigenvalue weighted by atomic mass is 10.1. The Kier molecular flexibility index (Phi) is 6.53. The molecule has 2 N–H and O–H groups in total. The first-order valence-corrected chi connectivity index (χ1v) is 11.4. The third-order valence-corrected chi connectivity index (χ3v) is 5.88. The van der Waals surface area contributed by atoms with E-state index >= 15 is 0 Å². The molecule has 1 fully saturated rings.